The van der Waals surface area contributed by atoms with Crippen molar-refractivity contribution in [1.29, 1.82) is 0 Å². The van der Waals surface area contributed by atoms with Gasteiger partial charge in [-0.15, -0.1) is 0 Å². The lowest BCUT2D eigenvalue weighted by Crippen LogP contribution is -2.14. The smallest absolute Gasteiger partial charge is 0.338 e. The number of benzene rings is 2. The number of sulfonamides is 1. The monoisotopic (exact) mass is 387 g/mol. The van der Waals surface area contributed by atoms with Crippen LogP contribution in [0.1, 0.15) is 27.4 Å². The molecule has 0 aliphatic rings. The van der Waals surface area contributed by atoms with Crippen LogP contribution in [0, 0.1) is 13.8 Å². The highest BCUT2D eigenvalue weighted by Crippen LogP contribution is 2.18. The molecule has 1 heterocycles. The van der Waals surface area contributed by atoms with Gasteiger partial charge in [0.25, 0.3) is 5.89 Å². The highest BCUT2D eigenvalue weighted by atomic mass is 32.2. The minimum absolute atomic E-state index is 0.0970. The fourth-order valence-electron chi connectivity index (χ4n) is 2.34. The van der Waals surface area contributed by atoms with E-state index in [0.717, 1.165) is 11.1 Å². The number of primary sulfonamides is 1. The van der Waals surface area contributed by atoms with Crippen LogP contribution in [-0.2, 0) is 21.4 Å². The van der Waals surface area contributed by atoms with Crippen LogP contribution in [0.2, 0.25) is 0 Å². The maximum atomic E-state index is 12.3. The summed E-state index contributed by atoms with van der Waals surface area (Å²) in [6, 6.07) is 11.6. The van der Waals surface area contributed by atoms with E-state index in [-0.39, 0.29) is 23.0 Å². The second-order valence-electron chi connectivity index (χ2n) is 5.98. The Balaban J connectivity index is 1.72. The van der Waals surface area contributed by atoms with Gasteiger partial charge in [-0.25, -0.2) is 18.4 Å². The van der Waals surface area contributed by atoms with Crippen LogP contribution in [0.15, 0.2) is 51.9 Å². The highest BCUT2D eigenvalue weighted by Gasteiger charge is 2.17. The average molecular weight is 387 g/mol. The van der Waals surface area contributed by atoms with E-state index in [0.29, 0.717) is 11.4 Å². The molecule has 3 rings (SSSR count). The van der Waals surface area contributed by atoms with Crippen LogP contribution in [-0.4, -0.2) is 24.5 Å². The van der Waals surface area contributed by atoms with E-state index in [1.54, 1.807) is 6.92 Å². The Hall–Kier alpha value is -3.04. The SMILES string of the molecule is Cc1ccc(-c2noc(COC(=O)c3cc(S(N)(=O)=O)ccc3C)n2)cc1. The third kappa shape index (κ3) is 4.39. The van der Waals surface area contributed by atoms with Crippen LogP contribution >= 0.6 is 0 Å². The summed E-state index contributed by atoms with van der Waals surface area (Å²) in [5.74, 6) is -0.208. The molecule has 140 valence electrons. The number of aryl methyl sites for hydroxylation is 2. The molecule has 0 saturated carbocycles. The Morgan fingerprint density at radius 3 is 2.52 bits per heavy atom. The number of ether oxygens (including phenoxy) is 1. The third-order valence-electron chi connectivity index (χ3n) is 3.86. The minimum Gasteiger partial charge on any atom is -0.452 e. The van der Waals surface area contributed by atoms with Crippen molar-refractivity contribution < 1.29 is 22.5 Å². The molecule has 0 amide bonds. The Kier molecular flexibility index (Phi) is 5.06. The summed E-state index contributed by atoms with van der Waals surface area (Å²) in [5, 5.41) is 8.95. The number of nitrogens with two attached hydrogens (primary N) is 1. The standard InChI is InChI=1S/C18H17N3O5S/c1-11-3-6-13(7-4-11)17-20-16(26-21-17)10-25-18(22)15-9-14(27(19,23)24)8-5-12(15)2/h3-9H,10H2,1-2H3,(H2,19,23,24). The molecule has 8 nitrogen and oxygen atoms in total. The summed E-state index contributed by atoms with van der Waals surface area (Å²) < 4.78 is 33.1. The molecule has 27 heavy (non-hydrogen) atoms. The lowest BCUT2D eigenvalue weighted by molar-refractivity contribution is 0.0428. The van der Waals surface area contributed by atoms with E-state index in [1.165, 1.54) is 18.2 Å². The van der Waals surface area contributed by atoms with Crippen LogP contribution in [0.4, 0.5) is 0 Å². The Labute approximate surface area is 156 Å². The number of carbonyl (C=O) groups is 1. The average Bonchev–Trinajstić information content (AvgIpc) is 3.08. The number of hydrogen-bond donors (Lipinski definition) is 1. The molecule has 0 aliphatic heterocycles. The van der Waals surface area contributed by atoms with Gasteiger partial charge in [0.15, 0.2) is 6.61 Å². The predicted molar refractivity (Wildman–Crippen MR) is 96.1 cm³/mol. The maximum absolute atomic E-state index is 12.3. The molecule has 0 unspecified atom stereocenters. The predicted octanol–water partition coefficient (Wildman–Crippen LogP) is 2.36. The number of rotatable bonds is 5. The molecular formula is C18H17N3O5S. The number of carbonyl (C=O) groups excluding carboxylic acids is 1. The van der Waals surface area contributed by atoms with Crippen molar-refractivity contribution in [2.75, 3.05) is 0 Å². The van der Waals surface area contributed by atoms with Gasteiger partial charge in [-0.1, -0.05) is 41.1 Å². The first-order chi connectivity index (χ1) is 12.7. The Morgan fingerprint density at radius 1 is 1.15 bits per heavy atom. The molecule has 3 aromatic rings. The van der Waals surface area contributed by atoms with Gasteiger partial charge in [-0.2, -0.15) is 4.98 Å². The van der Waals surface area contributed by atoms with Gasteiger partial charge in [-0.05, 0) is 31.5 Å². The van der Waals surface area contributed by atoms with E-state index in [9.17, 15) is 13.2 Å². The van der Waals surface area contributed by atoms with Gasteiger partial charge in [0.2, 0.25) is 15.8 Å². The Bertz CT molecular complexity index is 1090. The van der Waals surface area contributed by atoms with Crippen LogP contribution in [0.5, 0.6) is 0 Å². The summed E-state index contributed by atoms with van der Waals surface area (Å²) in [4.78, 5) is 16.3. The first-order valence-corrected chi connectivity index (χ1v) is 9.49. The molecule has 9 heteroatoms. The molecule has 0 aliphatic carbocycles. The zero-order chi connectivity index (χ0) is 19.6. The topological polar surface area (TPSA) is 125 Å². The molecule has 0 atom stereocenters. The van der Waals surface area contributed by atoms with Gasteiger partial charge in [0, 0.05) is 5.56 Å². The molecule has 0 spiro atoms. The van der Waals surface area contributed by atoms with Crippen LogP contribution in [0.25, 0.3) is 11.4 Å². The largest absolute Gasteiger partial charge is 0.452 e. The van der Waals surface area contributed by atoms with E-state index in [4.69, 9.17) is 14.4 Å². The van der Waals surface area contributed by atoms with Gasteiger partial charge in [0.05, 0.1) is 10.5 Å². The minimum atomic E-state index is -3.92. The second kappa shape index (κ2) is 7.29. The first kappa shape index (κ1) is 18.7. The lowest BCUT2D eigenvalue weighted by Gasteiger charge is -2.07. The molecular weight excluding hydrogens is 370 g/mol. The van der Waals surface area contributed by atoms with Crippen molar-refractivity contribution in [2.45, 2.75) is 25.3 Å². The first-order valence-electron chi connectivity index (χ1n) is 7.94. The molecule has 2 N–H and O–H groups in total. The summed E-state index contributed by atoms with van der Waals surface area (Å²) in [6.45, 7) is 3.39. The van der Waals surface area contributed by atoms with Crippen LogP contribution in [0.3, 0.4) is 0 Å². The van der Waals surface area contributed by atoms with Gasteiger partial charge in [0.1, 0.15) is 0 Å². The zero-order valence-corrected chi connectivity index (χ0v) is 15.5. The summed E-state index contributed by atoms with van der Waals surface area (Å²) in [7, 11) is -3.92. The van der Waals surface area contributed by atoms with Crippen molar-refractivity contribution in [1.82, 2.24) is 10.1 Å². The van der Waals surface area contributed by atoms with Crippen LogP contribution < -0.4 is 5.14 Å². The third-order valence-corrected chi connectivity index (χ3v) is 4.77. The van der Waals surface area contributed by atoms with Gasteiger partial charge < -0.3 is 9.26 Å². The van der Waals surface area contributed by atoms with E-state index in [2.05, 4.69) is 10.1 Å². The molecule has 0 saturated heterocycles. The number of hydrogen-bond acceptors (Lipinski definition) is 7. The Morgan fingerprint density at radius 2 is 1.85 bits per heavy atom. The molecule has 0 radical (unpaired) electrons. The number of esters is 1. The highest BCUT2D eigenvalue weighted by molar-refractivity contribution is 7.89. The number of aromatic nitrogens is 2. The normalized spacial score (nSPS) is 11.4. The van der Waals surface area contributed by atoms with Crippen molar-refractivity contribution in [3.05, 3.63) is 65.0 Å². The summed E-state index contributed by atoms with van der Waals surface area (Å²) in [6.07, 6.45) is 0. The van der Waals surface area contributed by atoms with Crippen molar-refractivity contribution >= 4 is 16.0 Å². The van der Waals surface area contributed by atoms with Crippen molar-refractivity contribution in [3.63, 3.8) is 0 Å². The van der Waals surface area contributed by atoms with Crippen molar-refractivity contribution in [3.8, 4) is 11.4 Å². The molecule has 0 bridgehead atoms. The van der Waals surface area contributed by atoms with E-state index >= 15 is 0 Å². The summed E-state index contributed by atoms with van der Waals surface area (Å²) >= 11 is 0. The zero-order valence-electron chi connectivity index (χ0n) is 14.7. The fourth-order valence-corrected chi connectivity index (χ4v) is 2.88. The fraction of sp³-hybridized carbons (Fsp3) is 0.167. The lowest BCUT2D eigenvalue weighted by atomic mass is 10.1. The van der Waals surface area contributed by atoms with Gasteiger partial charge >= 0.3 is 5.97 Å². The van der Waals surface area contributed by atoms with Crippen molar-refractivity contribution in [2.24, 2.45) is 5.14 Å². The van der Waals surface area contributed by atoms with E-state index < -0.39 is 16.0 Å². The molecule has 0 fully saturated rings. The number of nitrogens with zero attached hydrogens (tertiary/aromatic N) is 2. The quantitative estimate of drug-likeness (QED) is 0.666. The molecule has 2 aromatic carbocycles. The molecule has 1 aromatic heterocycles. The maximum Gasteiger partial charge on any atom is 0.338 e. The second-order valence-corrected chi connectivity index (χ2v) is 7.54. The summed E-state index contributed by atoms with van der Waals surface area (Å²) in [5.41, 5.74) is 2.53. The van der Waals surface area contributed by atoms with Gasteiger partial charge in [-0.3, -0.25) is 0 Å². The van der Waals surface area contributed by atoms with E-state index in [1.807, 2.05) is 31.2 Å².